The summed E-state index contributed by atoms with van der Waals surface area (Å²) in [7, 11) is 0. The number of halogens is 1. The molecule has 0 saturated carbocycles. The van der Waals surface area contributed by atoms with Gasteiger partial charge in [-0.25, -0.2) is 9.59 Å². The lowest BCUT2D eigenvalue weighted by Crippen LogP contribution is -2.03. The van der Waals surface area contributed by atoms with E-state index in [0.29, 0.717) is 12.0 Å². The van der Waals surface area contributed by atoms with Crippen LogP contribution in [0.4, 0.5) is 0 Å². The SMILES string of the molecule is O=C(O)c1cc(Cc2c(Cl)c(C(=O)O)cc3ccccc23)c2ccccc2c1. The summed E-state index contributed by atoms with van der Waals surface area (Å²) >= 11 is 6.49. The Morgan fingerprint density at radius 3 is 2.04 bits per heavy atom. The van der Waals surface area contributed by atoms with Crippen molar-refractivity contribution in [2.45, 2.75) is 6.42 Å². The zero-order chi connectivity index (χ0) is 19.8. The Morgan fingerprint density at radius 2 is 1.39 bits per heavy atom. The molecule has 0 aromatic heterocycles. The summed E-state index contributed by atoms with van der Waals surface area (Å²) in [6, 6.07) is 19.8. The fourth-order valence-corrected chi connectivity index (χ4v) is 3.88. The number of carboxylic acid groups (broad SMARTS) is 2. The zero-order valence-corrected chi connectivity index (χ0v) is 15.4. The van der Waals surface area contributed by atoms with E-state index in [1.54, 1.807) is 18.2 Å². The van der Waals surface area contributed by atoms with Gasteiger partial charge >= 0.3 is 11.9 Å². The van der Waals surface area contributed by atoms with Crippen LogP contribution in [0.5, 0.6) is 0 Å². The maximum absolute atomic E-state index is 11.7. The molecule has 28 heavy (non-hydrogen) atoms. The maximum Gasteiger partial charge on any atom is 0.337 e. The summed E-state index contributed by atoms with van der Waals surface area (Å²) in [5, 5.41) is 22.5. The molecule has 4 rings (SSSR count). The van der Waals surface area contributed by atoms with Crippen LogP contribution in [0.2, 0.25) is 5.02 Å². The lowest BCUT2D eigenvalue weighted by Gasteiger charge is -2.14. The largest absolute Gasteiger partial charge is 0.478 e. The second-order valence-electron chi connectivity index (χ2n) is 6.58. The minimum Gasteiger partial charge on any atom is -0.478 e. The number of hydrogen-bond donors (Lipinski definition) is 2. The zero-order valence-electron chi connectivity index (χ0n) is 14.6. The highest BCUT2D eigenvalue weighted by Crippen LogP contribution is 2.34. The summed E-state index contributed by atoms with van der Waals surface area (Å²) in [6.07, 6.45) is 0.322. The molecule has 0 aliphatic rings. The van der Waals surface area contributed by atoms with Crippen molar-refractivity contribution in [3.8, 4) is 0 Å². The fraction of sp³-hybridized carbons (Fsp3) is 0.0435. The van der Waals surface area contributed by atoms with Crippen molar-refractivity contribution in [3.05, 3.63) is 94.0 Å². The summed E-state index contributed by atoms with van der Waals surface area (Å²) in [4.78, 5) is 23.2. The number of carboxylic acids is 2. The highest BCUT2D eigenvalue weighted by Gasteiger charge is 2.18. The molecule has 138 valence electrons. The molecule has 0 atom stereocenters. The van der Waals surface area contributed by atoms with E-state index in [0.717, 1.165) is 27.1 Å². The van der Waals surface area contributed by atoms with E-state index in [1.807, 2.05) is 48.5 Å². The molecule has 0 aliphatic heterocycles. The Morgan fingerprint density at radius 1 is 0.786 bits per heavy atom. The summed E-state index contributed by atoms with van der Waals surface area (Å²) < 4.78 is 0. The van der Waals surface area contributed by atoms with E-state index in [4.69, 9.17) is 11.6 Å². The van der Waals surface area contributed by atoms with Gasteiger partial charge in [0.05, 0.1) is 16.1 Å². The number of carbonyl (C=O) groups is 2. The molecule has 0 amide bonds. The van der Waals surface area contributed by atoms with Crippen molar-refractivity contribution in [1.29, 1.82) is 0 Å². The van der Waals surface area contributed by atoms with Crippen molar-refractivity contribution < 1.29 is 19.8 Å². The van der Waals surface area contributed by atoms with Crippen LogP contribution < -0.4 is 0 Å². The van der Waals surface area contributed by atoms with Gasteiger partial charge in [-0.2, -0.15) is 0 Å². The van der Waals surface area contributed by atoms with Crippen molar-refractivity contribution in [3.63, 3.8) is 0 Å². The van der Waals surface area contributed by atoms with Crippen LogP contribution in [-0.2, 0) is 6.42 Å². The van der Waals surface area contributed by atoms with Crippen LogP contribution >= 0.6 is 11.6 Å². The van der Waals surface area contributed by atoms with Crippen molar-refractivity contribution in [1.82, 2.24) is 0 Å². The lowest BCUT2D eigenvalue weighted by atomic mass is 9.92. The molecule has 0 unspecified atom stereocenters. The number of aromatic carboxylic acids is 2. The molecular weight excluding hydrogens is 376 g/mol. The van der Waals surface area contributed by atoms with Gasteiger partial charge in [-0.15, -0.1) is 0 Å². The average molecular weight is 391 g/mol. The van der Waals surface area contributed by atoms with Crippen molar-refractivity contribution in [2.75, 3.05) is 0 Å². The van der Waals surface area contributed by atoms with E-state index in [-0.39, 0.29) is 16.1 Å². The smallest absolute Gasteiger partial charge is 0.337 e. The van der Waals surface area contributed by atoms with Gasteiger partial charge in [0.15, 0.2) is 0 Å². The van der Waals surface area contributed by atoms with Gasteiger partial charge < -0.3 is 10.2 Å². The molecule has 0 bridgehead atoms. The third kappa shape index (κ3) is 3.08. The Kier molecular flexibility index (Phi) is 4.49. The molecule has 0 fully saturated rings. The normalized spacial score (nSPS) is 11.0. The maximum atomic E-state index is 11.7. The average Bonchev–Trinajstić information content (AvgIpc) is 2.69. The number of hydrogen-bond acceptors (Lipinski definition) is 2. The quantitative estimate of drug-likeness (QED) is 0.473. The highest BCUT2D eigenvalue weighted by atomic mass is 35.5. The molecule has 0 saturated heterocycles. The van der Waals surface area contributed by atoms with E-state index < -0.39 is 11.9 Å². The molecule has 0 radical (unpaired) electrons. The standard InChI is InChI=1S/C23H15ClO4/c24-21-19(18-8-4-2-6-14(18)11-20(21)23(27)28)12-15-10-16(22(25)26)9-13-5-1-3-7-17(13)15/h1-11H,12H2,(H,25,26)(H,27,28). The number of rotatable bonds is 4. The Labute approximate surface area is 165 Å². The fourth-order valence-electron chi connectivity index (χ4n) is 3.58. The summed E-state index contributed by atoms with van der Waals surface area (Å²) in [6.45, 7) is 0. The first-order valence-electron chi connectivity index (χ1n) is 8.64. The topological polar surface area (TPSA) is 74.6 Å². The summed E-state index contributed by atoms with van der Waals surface area (Å²) in [5.74, 6) is -2.11. The second-order valence-corrected chi connectivity index (χ2v) is 6.96. The molecule has 4 aromatic rings. The minimum atomic E-state index is -1.10. The predicted molar refractivity (Wildman–Crippen MR) is 110 cm³/mol. The molecule has 0 spiro atoms. The van der Waals surface area contributed by atoms with E-state index in [1.165, 1.54) is 0 Å². The molecule has 4 nitrogen and oxygen atoms in total. The third-order valence-corrected chi connectivity index (χ3v) is 5.31. The first kappa shape index (κ1) is 18.0. The van der Waals surface area contributed by atoms with Gasteiger partial charge in [0.1, 0.15) is 0 Å². The third-order valence-electron chi connectivity index (χ3n) is 4.88. The predicted octanol–water partition coefficient (Wildman–Crippen LogP) is 5.63. The second kappa shape index (κ2) is 6.98. The molecule has 0 heterocycles. The Balaban J connectivity index is 2.00. The van der Waals surface area contributed by atoms with Gasteiger partial charge in [-0.1, -0.05) is 60.1 Å². The van der Waals surface area contributed by atoms with E-state index >= 15 is 0 Å². The molecular formula is C23H15ClO4. The monoisotopic (exact) mass is 390 g/mol. The molecule has 2 N–H and O–H groups in total. The van der Waals surface area contributed by atoms with Crippen LogP contribution in [0.15, 0.2) is 66.7 Å². The molecule has 0 aliphatic carbocycles. The van der Waals surface area contributed by atoms with Gasteiger partial charge in [-0.3, -0.25) is 0 Å². The minimum absolute atomic E-state index is 0.0362. The van der Waals surface area contributed by atoms with E-state index in [2.05, 4.69) is 0 Å². The van der Waals surface area contributed by atoms with Crippen molar-refractivity contribution in [2.24, 2.45) is 0 Å². The van der Waals surface area contributed by atoms with Crippen LogP contribution in [0.3, 0.4) is 0 Å². The van der Waals surface area contributed by atoms with Crippen LogP contribution in [0.1, 0.15) is 31.8 Å². The first-order chi connectivity index (χ1) is 13.5. The Bertz CT molecular complexity index is 1260. The molecule has 4 aromatic carbocycles. The molecule has 5 heteroatoms. The Hall–Kier alpha value is -3.37. The number of benzene rings is 4. The van der Waals surface area contributed by atoms with Gasteiger partial charge in [0.2, 0.25) is 0 Å². The van der Waals surface area contributed by atoms with Gasteiger partial charge in [0.25, 0.3) is 0 Å². The number of fused-ring (bicyclic) bond motifs is 2. The lowest BCUT2D eigenvalue weighted by molar-refractivity contribution is 0.0686. The van der Waals surface area contributed by atoms with Gasteiger partial charge in [-0.05, 0) is 50.9 Å². The van der Waals surface area contributed by atoms with Crippen molar-refractivity contribution >= 4 is 45.1 Å². The van der Waals surface area contributed by atoms with E-state index in [9.17, 15) is 19.8 Å². The highest BCUT2D eigenvalue weighted by molar-refractivity contribution is 6.35. The van der Waals surface area contributed by atoms with Crippen LogP contribution in [0, 0.1) is 0 Å². The van der Waals surface area contributed by atoms with Crippen LogP contribution in [-0.4, -0.2) is 22.2 Å². The summed E-state index contributed by atoms with van der Waals surface area (Å²) in [5.41, 5.74) is 1.67. The van der Waals surface area contributed by atoms with Crippen LogP contribution in [0.25, 0.3) is 21.5 Å². The van der Waals surface area contributed by atoms with Gasteiger partial charge in [0, 0.05) is 6.42 Å². The first-order valence-corrected chi connectivity index (χ1v) is 9.02.